The fourth-order valence-corrected chi connectivity index (χ4v) is 2.85. The van der Waals surface area contributed by atoms with Crippen LogP contribution in [-0.2, 0) is 0 Å². The van der Waals surface area contributed by atoms with E-state index in [1.54, 1.807) is 0 Å². The van der Waals surface area contributed by atoms with Crippen molar-refractivity contribution in [2.75, 3.05) is 0 Å². The van der Waals surface area contributed by atoms with E-state index in [1.807, 2.05) is 67.6 Å². The largest absolute Gasteiger partial charge is 0.289 e. The van der Waals surface area contributed by atoms with E-state index in [9.17, 15) is 4.79 Å². The maximum Gasteiger partial charge on any atom is 0.193 e. The molecule has 3 aromatic rings. The van der Waals surface area contributed by atoms with Gasteiger partial charge in [-0.1, -0.05) is 66.7 Å². The molecule has 0 aliphatic rings. The standard InChI is InChI=1S/C20H16OS/c1-14-7-12-18(19(22)13-14)15-8-10-17(11-9-15)20(21)16-5-3-2-4-6-16/h2-13,22H,1H3. The summed E-state index contributed by atoms with van der Waals surface area (Å²) >= 11 is 4.54. The van der Waals surface area contributed by atoms with Gasteiger partial charge in [-0.15, -0.1) is 12.6 Å². The Morgan fingerprint density at radius 3 is 2.09 bits per heavy atom. The van der Waals surface area contributed by atoms with E-state index >= 15 is 0 Å². The van der Waals surface area contributed by atoms with Gasteiger partial charge in [-0.05, 0) is 29.7 Å². The molecule has 0 aromatic heterocycles. The molecule has 0 bridgehead atoms. The Morgan fingerprint density at radius 2 is 1.45 bits per heavy atom. The van der Waals surface area contributed by atoms with E-state index in [4.69, 9.17) is 0 Å². The average molecular weight is 304 g/mol. The van der Waals surface area contributed by atoms with E-state index in [-0.39, 0.29) is 5.78 Å². The number of carbonyl (C=O) groups excluding carboxylic acids is 1. The number of benzene rings is 3. The second-order valence-corrected chi connectivity index (χ2v) is 5.77. The van der Waals surface area contributed by atoms with E-state index in [0.717, 1.165) is 16.0 Å². The van der Waals surface area contributed by atoms with Gasteiger partial charge in [-0.25, -0.2) is 0 Å². The fraction of sp³-hybridized carbons (Fsp3) is 0.0500. The quantitative estimate of drug-likeness (QED) is 0.521. The first-order valence-corrected chi connectivity index (χ1v) is 7.60. The minimum absolute atomic E-state index is 0.0437. The lowest BCUT2D eigenvalue weighted by atomic mass is 9.99. The second kappa shape index (κ2) is 6.20. The van der Waals surface area contributed by atoms with Crippen molar-refractivity contribution in [3.63, 3.8) is 0 Å². The highest BCUT2D eigenvalue weighted by molar-refractivity contribution is 7.80. The lowest BCUT2D eigenvalue weighted by molar-refractivity contribution is 0.103. The van der Waals surface area contributed by atoms with Crippen LogP contribution >= 0.6 is 12.6 Å². The first kappa shape index (κ1) is 14.6. The van der Waals surface area contributed by atoms with Crippen LogP contribution in [0.2, 0.25) is 0 Å². The van der Waals surface area contributed by atoms with E-state index < -0.39 is 0 Å². The second-order valence-electron chi connectivity index (χ2n) is 5.29. The third-order valence-corrected chi connectivity index (χ3v) is 4.02. The normalized spacial score (nSPS) is 10.5. The van der Waals surface area contributed by atoms with Crippen LogP contribution in [0.5, 0.6) is 0 Å². The van der Waals surface area contributed by atoms with E-state index in [0.29, 0.717) is 11.1 Å². The van der Waals surface area contributed by atoms with Gasteiger partial charge >= 0.3 is 0 Å². The molecule has 1 nitrogen and oxygen atoms in total. The van der Waals surface area contributed by atoms with Crippen molar-refractivity contribution >= 4 is 18.4 Å². The van der Waals surface area contributed by atoms with Crippen molar-refractivity contribution in [2.45, 2.75) is 11.8 Å². The average Bonchev–Trinajstić information content (AvgIpc) is 2.55. The predicted molar refractivity (Wildman–Crippen MR) is 93.7 cm³/mol. The molecule has 0 fully saturated rings. The number of aryl methyl sites for hydroxylation is 1. The fourth-order valence-electron chi connectivity index (χ4n) is 2.44. The van der Waals surface area contributed by atoms with Crippen molar-refractivity contribution in [3.8, 4) is 11.1 Å². The van der Waals surface area contributed by atoms with Gasteiger partial charge in [0.25, 0.3) is 0 Å². The van der Waals surface area contributed by atoms with Gasteiger partial charge in [0, 0.05) is 16.0 Å². The molecular formula is C20H16OS. The summed E-state index contributed by atoms with van der Waals surface area (Å²) in [7, 11) is 0. The SMILES string of the molecule is Cc1ccc(-c2ccc(C(=O)c3ccccc3)cc2)c(S)c1. The minimum atomic E-state index is 0.0437. The molecule has 0 aliphatic carbocycles. The molecule has 22 heavy (non-hydrogen) atoms. The smallest absolute Gasteiger partial charge is 0.193 e. The van der Waals surface area contributed by atoms with E-state index in [2.05, 4.69) is 24.8 Å². The molecule has 3 rings (SSSR count). The molecule has 2 heteroatoms. The van der Waals surface area contributed by atoms with Crippen LogP contribution in [0.15, 0.2) is 77.7 Å². The summed E-state index contributed by atoms with van der Waals surface area (Å²) in [6.07, 6.45) is 0. The van der Waals surface area contributed by atoms with Gasteiger partial charge in [-0.3, -0.25) is 4.79 Å². The summed E-state index contributed by atoms with van der Waals surface area (Å²) in [4.78, 5) is 13.3. The minimum Gasteiger partial charge on any atom is -0.289 e. The molecule has 0 aliphatic heterocycles. The molecule has 0 unspecified atom stereocenters. The van der Waals surface area contributed by atoms with Crippen LogP contribution < -0.4 is 0 Å². The van der Waals surface area contributed by atoms with Crippen molar-refractivity contribution in [2.24, 2.45) is 0 Å². The molecule has 3 aromatic carbocycles. The Balaban J connectivity index is 1.91. The van der Waals surface area contributed by atoms with Crippen LogP contribution in [0.1, 0.15) is 21.5 Å². The molecule has 0 atom stereocenters. The Labute approximate surface area is 136 Å². The van der Waals surface area contributed by atoms with Gasteiger partial charge in [-0.2, -0.15) is 0 Å². The lowest BCUT2D eigenvalue weighted by Crippen LogP contribution is -2.00. The van der Waals surface area contributed by atoms with Crippen molar-refractivity contribution in [3.05, 3.63) is 89.5 Å². The summed E-state index contributed by atoms with van der Waals surface area (Å²) < 4.78 is 0. The zero-order valence-electron chi connectivity index (χ0n) is 12.3. The molecule has 0 radical (unpaired) electrons. The molecule has 0 saturated carbocycles. The molecule has 0 heterocycles. The van der Waals surface area contributed by atoms with E-state index in [1.165, 1.54) is 5.56 Å². The molecular weight excluding hydrogens is 288 g/mol. The summed E-state index contributed by atoms with van der Waals surface area (Å²) in [5.41, 5.74) is 4.73. The number of hydrogen-bond donors (Lipinski definition) is 1. The first-order valence-electron chi connectivity index (χ1n) is 7.15. The van der Waals surface area contributed by atoms with Crippen molar-refractivity contribution in [1.82, 2.24) is 0 Å². The monoisotopic (exact) mass is 304 g/mol. The summed E-state index contributed by atoms with van der Waals surface area (Å²) in [5, 5.41) is 0. The molecule has 0 N–H and O–H groups in total. The Hall–Kier alpha value is -2.32. The summed E-state index contributed by atoms with van der Waals surface area (Å²) in [6, 6.07) is 23.2. The van der Waals surface area contributed by atoms with Crippen LogP contribution in [0, 0.1) is 6.92 Å². The number of ketones is 1. The highest BCUT2D eigenvalue weighted by Gasteiger charge is 2.09. The maximum atomic E-state index is 12.4. The third kappa shape index (κ3) is 2.97. The lowest BCUT2D eigenvalue weighted by Gasteiger charge is -2.08. The molecule has 0 saturated heterocycles. The number of carbonyl (C=O) groups is 1. The van der Waals surface area contributed by atoms with Gasteiger partial charge in [0.1, 0.15) is 0 Å². The number of rotatable bonds is 3. The Kier molecular flexibility index (Phi) is 4.12. The Bertz CT molecular complexity index is 805. The van der Waals surface area contributed by atoms with Crippen LogP contribution in [-0.4, -0.2) is 5.78 Å². The number of hydrogen-bond acceptors (Lipinski definition) is 2. The van der Waals surface area contributed by atoms with Crippen molar-refractivity contribution < 1.29 is 4.79 Å². The van der Waals surface area contributed by atoms with Gasteiger partial charge in [0.2, 0.25) is 0 Å². The van der Waals surface area contributed by atoms with Gasteiger partial charge in [0.15, 0.2) is 5.78 Å². The highest BCUT2D eigenvalue weighted by Crippen LogP contribution is 2.28. The van der Waals surface area contributed by atoms with Gasteiger partial charge in [0.05, 0.1) is 0 Å². The predicted octanol–water partition coefficient (Wildman–Crippen LogP) is 5.18. The third-order valence-electron chi connectivity index (χ3n) is 3.65. The van der Waals surface area contributed by atoms with Gasteiger partial charge < -0.3 is 0 Å². The number of thiol groups is 1. The van der Waals surface area contributed by atoms with Crippen molar-refractivity contribution in [1.29, 1.82) is 0 Å². The Morgan fingerprint density at radius 1 is 0.818 bits per heavy atom. The summed E-state index contributed by atoms with van der Waals surface area (Å²) in [5.74, 6) is 0.0437. The maximum absolute atomic E-state index is 12.4. The zero-order chi connectivity index (χ0) is 15.5. The van der Waals surface area contributed by atoms with Crippen LogP contribution in [0.25, 0.3) is 11.1 Å². The summed E-state index contributed by atoms with van der Waals surface area (Å²) in [6.45, 7) is 2.05. The molecule has 0 spiro atoms. The van der Waals surface area contributed by atoms with Crippen LogP contribution in [0.3, 0.4) is 0 Å². The topological polar surface area (TPSA) is 17.1 Å². The highest BCUT2D eigenvalue weighted by atomic mass is 32.1. The first-order chi connectivity index (χ1) is 10.6. The van der Waals surface area contributed by atoms with Crippen LogP contribution in [0.4, 0.5) is 0 Å². The zero-order valence-corrected chi connectivity index (χ0v) is 13.2. The molecule has 0 amide bonds. The molecule has 108 valence electrons.